The van der Waals surface area contributed by atoms with Gasteiger partial charge in [0.1, 0.15) is 5.60 Å². The lowest BCUT2D eigenvalue weighted by atomic mass is 9.97. The number of hydrogen-bond donors (Lipinski definition) is 1. The number of amides is 1. The maximum atomic E-state index is 12.5. The summed E-state index contributed by atoms with van der Waals surface area (Å²) in [5, 5.41) is 6.81. The summed E-state index contributed by atoms with van der Waals surface area (Å²) in [6.07, 6.45) is 4.00. The van der Waals surface area contributed by atoms with Crippen LogP contribution in [0.4, 0.5) is 4.79 Å². The highest BCUT2D eigenvalue weighted by Crippen LogP contribution is 2.22. The third-order valence-electron chi connectivity index (χ3n) is 4.27. The van der Waals surface area contributed by atoms with E-state index in [1.807, 2.05) is 32.6 Å². The van der Waals surface area contributed by atoms with Crippen molar-refractivity contribution < 1.29 is 9.53 Å². The fourth-order valence-corrected chi connectivity index (χ4v) is 3.76. The van der Waals surface area contributed by atoms with Crippen molar-refractivity contribution in [2.45, 2.75) is 78.0 Å². The van der Waals surface area contributed by atoms with Gasteiger partial charge in [0.15, 0.2) is 0 Å². The zero-order valence-electron chi connectivity index (χ0n) is 15.6. The molecule has 0 aromatic carbocycles. The second kappa shape index (κ2) is 8.30. The maximum absolute atomic E-state index is 12.5. The molecule has 0 bridgehead atoms. The molecule has 2 heterocycles. The van der Waals surface area contributed by atoms with Crippen molar-refractivity contribution in [1.29, 1.82) is 0 Å². The maximum Gasteiger partial charge on any atom is 0.410 e. The minimum absolute atomic E-state index is 0.184. The van der Waals surface area contributed by atoms with Gasteiger partial charge >= 0.3 is 6.09 Å². The lowest BCUT2D eigenvalue weighted by Gasteiger charge is -2.40. The van der Waals surface area contributed by atoms with Crippen LogP contribution in [0.25, 0.3) is 0 Å². The van der Waals surface area contributed by atoms with Crippen LogP contribution >= 0.6 is 11.3 Å². The van der Waals surface area contributed by atoms with Crippen LogP contribution in [0.2, 0.25) is 0 Å². The number of thiazole rings is 1. The van der Waals surface area contributed by atoms with Crippen LogP contribution in [0.1, 0.15) is 57.7 Å². The minimum atomic E-state index is -0.446. The molecule has 1 aromatic rings. The molecular formula is C18H31N3O2S. The molecule has 1 aromatic heterocycles. The van der Waals surface area contributed by atoms with Crippen LogP contribution in [0, 0.1) is 6.92 Å². The van der Waals surface area contributed by atoms with E-state index in [1.54, 1.807) is 11.3 Å². The van der Waals surface area contributed by atoms with Gasteiger partial charge in [-0.15, -0.1) is 11.3 Å². The van der Waals surface area contributed by atoms with Gasteiger partial charge in [-0.25, -0.2) is 9.78 Å². The molecule has 0 unspecified atom stereocenters. The molecular weight excluding hydrogens is 322 g/mol. The second-order valence-corrected chi connectivity index (χ2v) is 8.65. The number of carbonyl (C=O) groups is 1. The minimum Gasteiger partial charge on any atom is -0.444 e. The molecule has 1 saturated heterocycles. The molecule has 2 atom stereocenters. The van der Waals surface area contributed by atoms with E-state index in [1.165, 1.54) is 6.42 Å². The fraction of sp³-hybridized carbons (Fsp3) is 0.778. The van der Waals surface area contributed by atoms with E-state index in [-0.39, 0.29) is 18.2 Å². The van der Waals surface area contributed by atoms with Crippen LogP contribution in [-0.2, 0) is 11.2 Å². The highest BCUT2D eigenvalue weighted by Gasteiger charge is 2.33. The molecule has 0 radical (unpaired) electrons. The van der Waals surface area contributed by atoms with Crippen LogP contribution in [0.3, 0.4) is 0 Å². The molecule has 1 aliphatic heterocycles. The zero-order chi connectivity index (χ0) is 17.7. The first-order valence-electron chi connectivity index (χ1n) is 8.90. The molecule has 1 N–H and O–H groups in total. The molecule has 6 heteroatoms. The van der Waals surface area contributed by atoms with Crippen LogP contribution in [0.15, 0.2) is 5.38 Å². The van der Waals surface area contributed by atoms with Crippen LogP contribution in [-0.4, -0.2) is 46.8 Å². The van der Waals surface area contributed by atoms with Crippen molar-refractivity contribution in [2.24, 2.45) is 0 Å². The Hall–Kier alpha value is -1.14. The largest absolute Gasteiger partial charge is 0.444 e. The number of aromatic nitrogens is 1. The monoisotopic (exact) mass is 353 g/mol. The van der Waals surface area contributed by atoms with Crippen molar-refractivity contribution in [3.8, 4) is 0 Å². The summed E-state index contributed by atoms with van der Waals surface area (Å²) in [7, 11) is 0. The topological polar surface area (TPSA) is 54.5 Å². The molecule has 136 valence electrons. The van der Waals surface area contributed by atoms with Gasteiger partial charge in [0.25, 0.3) is 0 Å². The Morgan fingerprint density at radius 2 is 2.25 bits per heavy atom. The Bertz CT molecular complexity index is 539. The van der Waals surface area contributed by atoms with E-state index in [0.29, 0.717) is 0 Å². The predicted octanol–water partition coefficient (Wildman–Crippen LogP) is 3.76. The number of ether oxygens (including phenoxy) is 1. The van der Waals surface area contributed by atoms with Crippen molar-refractivity contribution in [2.75, 3.05) is 13.1 Å². The molecule has 5 nitrogen and oxygen atoms in total. The van der Waals surface area contributed by atoms with Gasteiger partial charge in [0.2, 0.25) is 0 Å². The molecule has 0 saturated carbocycles. The Kier molecular flexibility index (Phi) is 6.63. The summed E-state index contributed by atoms with van der Waals surface area (Å²) in [6.45, 7) is 11.6. The summed E-state index contributed by atoms with van der Waals surface area (Å²) >= 11 is 1.69. The number of nitrogens with one attached hydrogen (secondary N) is 1. The molecule has 0 aliphatic carbocycles. The van der Waals surface area contributed by atoms with Crippen molar-refractivity contribution >= 4 is 17.4 Å². The Balaban J connectivity index is 1.87. The van der Waals surface area contributed by atoms with Gasteiger partial charge < -0.3 is 15.0 Å². The average Bonchev–Trinajstić information content (AvgIpc) is 2.91. The van der Waals surface area contributed by atoms with Gasteiger partial charge in [-0.2, -0.15) is 0 Å². The van der Waals surface area contributed by atoms with Gasteiger partial charge in [-0.05, 0) is 53.9 Å². The number of nitrogens with zero attached hydrogens (tertiary/aromatic N) is 2. The van der Waals surface area contributed by atoms with E-state index in [9.17, 15) is 4.79 Å². The highest BCUT2D eigenvalue weighted by atomic mass is 32.1. The smallest absolute Gasteiger partial charge is 0.410 e. The number of likely N-dealkylation sites (tertiary alicyclic amines) is 1. The number of aryl methyl sites for hydroxylation is 1. The number of rotatable bonds is 5. The molecule has 2 rings (SSSR count). The quantitative estimate of drug-likeness (QED) is 0.876. The van der Waals surface area contributed by atoms with Crippen molar-refractivity contribution in [1.82, 2.24) is 15.2 Å². The van der Waals surface area contributed by atoms with Crippen LogP contribution < -0.4 is 5.32 Å². The fourth-order valence-electron chi connectivity index (χ4n) is 3.11. The lowest BCUT2D eigenvalue weighted by molar-refractivity contribution is 0.00564. The Labute approximate surface area is 149 Å². The summed E-state index contributed by atoms with van der Waals surface area (Å²) in [4.78, 5) is 18.9. The van der Waals surface area contributed by atoms with Gasteiger partial charge in [0, 0.05) is 30.9 Å². The first-order chi connectivity index (χ1) is 11.3. The van der Waals surface area contributed by atoms with E-state index >= 15 is 0 Å². The summed E-state index contributed by atoms with van der Waals surface area (Å²) in [5.74, 6) is 0. The van der Waals surface area contributed by atoms with Gasteiger partial charge in [-0.3, -0.25) is 0 Å². The third-order valence-corrected chi connectivity index (χ3v) is 5.09. The summed E-state index contributed by atoms with van der Waals surface area (Å²) in [5.41, 5.74) is 0.697. The van der Waals surface area contributed by atoms with E-state index in [2.05, 4.69) is 22.6 Å². The summed E-state index contributed by atoms with van der Waals surface area (Å²) in [6, 6.07) is 0.448. The Morgan fingerprint density at radius 3 is 2.88 bits per heavy atom. The van der Waals surface area contributed by atoms with Gasteiger partial charge in [-0.1, -0.05) is 0 Å². The normalized spacial score (nSPS) is 20.0. The standard InChI is InChI=1S/C18H31N3O2S/c1-13(19-10-9-15-12-24-14(2)20-15)16-8-6-7-11-21(16)17(22)23-18(3,4)5/h12-13,16,19H,6-11H2,1-5H3/t13-,16-/m1/s1. The van der Waals surface area contributed by atoms with E-state index in [0.717, 1.165) is 43.1 Å². The Morgan fingerprint density at radius 1 is 1.50 bits per heavy atom. The van der Waals surface area contributed by atoms with Crippen molar-refractivity contribution in [3.05, 3.63) is 16.1 Å². The average molecular weight is 354 g/mol. The van der Waals surface area contributed by atoms with Crippen LogP contribution in [0.5, 0.6) is 0 Å². The summed E-state index contributed by atoms with van der Waals surface area (Å²) < 4.78 is 5.58. The van der Waals surface area contributed by atoms with Crippen molar-refractivity contribution in [3.63, 3.8) is 0 Å². The SMILES string of the molecule is Cc1nc(CCN[C@H](C)[C@H]2CCCCN2C(=O)OC(C)(C)C)cs1. The zero-order valence-corrected chi connectivity index (χ0v) is 16.4. The molecule has 1 amide bonds. The van der Waals surface area contributed by atoms with E-state index < -0.39 is 5.60 Å². The third kappa shape index (κ3) is 5.74. The predicted molar refractivity (Wildman–Crippen MR) is 98.6 cm³/mol. The number of carbonyl (C=O) groups excluding carboxylic acids is 1. The first-order valence-corrected chi connectivity index (χ1v) is 9.78. The molecule has 1 aliphatic rings. The van der Waals surface area contributed by atoms with E-state index in [4.69, 9.17) is 4.74 Å². The number of piperidine rings is 1. The molecule has 1 fully saturated rings. The molecule has 0 spiro atoms. The highest BCUT2D eigenvalue weighted by molar-refractivity contribution is 7.09. The molecule has 24 heavy (non-hydrogen) atoms. The van der Waals surface area contributed by atoms with Gasteiger partial charge in [0.05, 0.1) is 16.7 Å². The second-order valence-electron chi connectivity index (χ2n) is 7.59. The lowest BCUT2D eigenvalue weighted by Crippen LogP contribution is -2.54. The number of hydrogen-bond acceptors (Lipinski definition) is 5. The first kappa shape index (κ1) is 19.2.